The highest BCUT2D eigenvalue weighted by molar-refractivity contribution is 7.80. The lowest BCUT2D eigenvalue weighted by molar-refractivity contribution is 0.640. The minimum absolute atomic E-state index is 0.160. The van der Waals surface area contributed by atoms with E-state index in [-0.39, 0.29) is 10.9 Å². The molecule has 0 aliphatic rings. The van der Waals surface area contributed by atoms with Gasteiger partial charge in [0.1, 0.15) is 5.82 Å². The molecule has 2 aromatic rings. The van der Waals surface area contributed by atoms with Crippen LogP contribution in [0, 0.1) is 5.82 Å². The van der Waals surface area contributed by atoms with Crippen molar-refractivity contribution in [1.29, 1.82) is 0 Å². The second-order valence-electron chi connectivity index (χ2n) is 2.85. The van der Waals surface area contributed by atoms with Gasteiger partial charge in [0, 0.05) is 11.6 Å². The number of aromatic nitrogens is 1. The molecule has 14 heavy (non-hydrogen) atoms. The van der Waals surface area contributed by atoms with Crippen molar-refractivity contribution in [2.45, 2.75) is 0 Å². The predicted octanol–water partition coefficient (Wildman–Crippen LogP) is 1.96. The zero-order valence-electron chi connectivity index (χ0n) is 7.17. The Balaban J connectivity index is 2.60. The van der Waals surface area contributed by atoms with Crippen LogP contribution in [0.4, 0.5) is 10.1 Å². The Labute approximate surface area is 85.1 Å². The third-order valence-corrected chi connectivity index (χ3v) is 2.03. The molecular weight excluding hydrogens is 201 g/mol. The van der Waals surface area contributed by atoms with Crippen LogP contribution in [0.3, 0.4) is 0 Å². The summed E-state index contributed by atoms with van der Waals surface area (Å²) in [6.45, 7) is 0. The average molecular weight is 209 g/mol. The maximum atomic E-state index is 13.2. The number of aromatic amines is 1. The van der Waals surface area contributed by atoms with Crippen molar-refractivity contribution in [2.24, 2.45) is 5.73 Å². The predicted molar refractivity (Wildman–Crippen MR) is 58.7 cm³/mol. The molecule has 0 radical (unpaired) electrons. The number of rotatable bonds is 1. The van der Waals surface area contributed by atoms with Gasteiger partial charge < -0.3 is 16.0 Å². The molecule has 0 aliphatic heterocycles. The Bertz CT molecular complexity index is 492. The first-order chi connectivity index (χ1) is 6.68. The zero-order valence-corrected chi connectivity index (χ0v) is 7.99. The molecule has 0 fully saturated rings. The smallest absolute Gasteiger partial charge is 0.168 e. The van der Waals surface area contributed by atoms with Gasteiger partial charge in [-0.25, -0.2) is 4.39 Å². The highest BCUT2D eigenvalue weighted by Gasteiger charge is 2.06. The number of H-pyrrole nitrogens is 1. The molecule has 0 unspecified atom stereocenters. The van der Waals surface area contributed by atoms with Crippen LogP contribution < -0.4 is 11.1 Å². The number of thiocarbonyl (C=S) groups is 1. The lowest BCUT2D eigenvalue weighted by Gasteiger charge is -2.05. The first kappa shape index (κ1) is 8.96. The highest BCUT2D eigenvalue weighted by Crippen LogP contribution is 2.24. The molecule has 3 nitrogen and oxygen atoms in total. The van der Waals surface area contributed by atoms with Crippen molar-refractivity contribution in [2.75, 3.05) is 5.32 Å². The summed E-state index contributed by atoms with van der Waals surface area (Å²) in [5.41, 5.74) is 6.68. The molecule has 2 rings (SSSR count). The van der Waals surface area contributed by atoms with E-state index in [0.29, 0.717) is 16.6 Å². The van der Waals surface area contributed by atoms with Crippen LogP contribution in [0.2, 0.25) is 0 Å². The topological polar surface area (TPSA) is 53.8 Å². The molecule has 4 N–H and O–H groups in total. The fourth-order valence-corrected chi connectivity index (χ4v) is 1.47. The highest BCUT2D eigenvalue weighted by atomic mass is 32.1. The van der Waals surface area contributed by atoms with Gasteiger partial charge in [-0.2, -0.15) is 0 Å². The van der Waals surface area contributed by atoms with Crippen LogP contribution in [0.15, 0.2) is 24.4 Å². The van der Waals surface area contributed by atoms with E-state index in [1.807, 2.05) is 0 Å². The Morgan fingerprint density at radius 1 is 1.43 bits per heavy atom. The van der Waals surface area contributed by atoms with Crippen molar-refractivity contribution < 1.29 is 4.39 Å². The minimum atomic E-state index is -0.269. The summed E-state index contributed by atoms with van der Waals surface area (Å²) in [5.74, 6) is -0.269. The largest absolute Gasteiger partial charge is 0.376 e. The fourth-order valence-electron chi connectivity index (χ4n) is 1.36. The van der Waals surface area contributed by atoms with Gasteiger partial charge in [-0.15, -0.1) is 0 Å². The summed E-state index contributed by atoms with van der Waals surface area (Å²) in [6.07, 6.45) is 1.67. The molecule has 0 bridgehead atoms. The minimum Gasteiger partial charge on any atom is -0.376 e. The summed E-state index contributed by atoms with van der Waals surface area (Å²) >= 11 is 4.71. The first-order valence-corrected chi connectivity index (χ1v) is 4.41. The third kappa shape index (κ3) is 1.42. The van der Waals surface area contributed by atoms with Gasteiger partial charge in [0.25, 0.3) is 0 Å². The molecule has 0 aliphatic carbocycles. The van der Waals surface area contributed by atoms with Gasteiger partial charge in [0.2, 0.25) is 0 Å². The monoisotopic (exact) mass is 209 g/mol. The number of nitrogens with one attached hydrogen (secondary N) is 2. The van der Waals surface area contributed by atoms with E-state index < -0.39 is 0 Å². The summed E-state index contributed by atoms with van der Waals surface area (Å²) < 4.78 is 13.2. The SMILES string of the molecule is NC(=S)Nc1ccc(F)c2cc[nH]c12. The molecule has 1 aromatic heterocycles. The quantitative estimate of drug-likeness (QED) is 0.629. The number of nitrogens with two attached hydrogens (primary N) is 1. The second kappa shape index (κ2) is 3.26. The van der Waals surface area contributed by atoms with Crippen molar-refractivity contribution in [3.8, 4) is 0 Å². The number of hydrogen-bond acceptors (Lipinski definition) is 1. The van der Waals surface area contributed by atoms with Gasteiger partial charge in [-0.1, -0.05) is 0 Å². The molecular formula is C9H8FN3S. The zero-order chi connectivity index (χ0) is 10.1. The third-order valence-electron chi connectivity index (χ3n) is 1.93. The van der Waals surface area contributed by atoms with E-state index in [2.05, 4.69) is 10.3 Å². The summed E-state index contributed by atoms with van der Waals surface area (Å²) in [4.78, 5) is 2.92. The van der Waals surface area contributed by atoms with E-state index in [1.165, 1.54) is 6.07 Å². The molecule has 0 amide bonds. The lowest BCUT2D eigenvalue weighted by Crippen LogP contribution is -2.19. The number of benzene rings is 1. The number of fused-ring (bicyclic) bond motifs is 1. The van der Waals surface area contributed by atoms with Crippen LogP contribution in [-0.4, -0.2) is 10.1 Å². The van der Waals surface area contributed by atoms with Crippen LogP contribution in [0.25, 0.3) is 10.9 Å². The Kier molecular flexibility index (Phi) is 2.09. The summed E-state index contributed by atoms with van der Waals surface area (Å²) in [6, 6.07) is 4.62. The molecule has 1 aromatic carbocycles. The molecule has 1 heterocycles. The maximum Gasteiger partial charge on any atom is 0.168 e. The maximum absolute atomic E-state index is 13.2. The van der Waals surface area contributed by atoms with Crippen molar-refractivity contribution in [3.63, 3.8) is 0 Å². The number of anilines is 1. The van der Waals surface area contributed by atoms with E-state index in [9.17, 15) is 4.39 Å². The van der Waals surface area contributed by atoms with Gasteiger partial charge in [0.15, 0.2) is 5.11 Å². The van der Waals surface area contributed by atoms with E-state index in [1.54, 1.807) is 18.3 Å². The van der Waals surface area contributed by atoms with Gasteiger partial charge >= 0.3 is 0 Å². The standard InChI is InChI=1S/C9H8FN3S/c10-6-1-2-7(13-9(11)14)8-5(6)3-4-12-8/h1-4,12H,(H3,11,13,14). The fraction of sp³-hybridized carbons (Fsp3) is 0. The molecule has 0 spiro atoms. The van der Waals surface area contributed by atoms with Gasteiger partial charge in [-0.3, -0.25) is 0 Å². The van der Waals surface area contributed by atoms with Crippen LogP contribution in [0.1, 0.15) is 0 Å². The van der Waals surface area contributed by atoms with Gasteiger partial charge in [-0.05, 0) is 30.4 Å². The molecule has 0 saturated carbocycles. The first-order valence-electron chi connectivity index (χ1n) is 4.00. The molecule has 0 saturated heterocycles. The van der Waals surface area contributed by atoms with Crippen molar-refractivity contribution in [1.82, 2.24) is 4.98 Å². The Morgan fingerprint density at radius 3 is 2.93 bits per heavy atom. The van der Waals surface area contributed by atoms with Gasteiger partial charge in [0.05, 0.1) is 11.2 Å². The van der Waals surface area contributed by atoms with Crippen LogP contribution in [0.5, 0.6) is 0 Å². The lowest BCUT2D eigenvalue weighted by atomic mass is 10.2. The van der Waals surface area contributed by atoms with Crippen LogP contribution in [-0.2, 0) is 0 Å². The Hall–Kier alpha value is -1.62. The number of halogens is 1. The average Bonchev–Trinajstić information content (AvgIpc) is 2.58. The molecule has 5 heteroatoms. The second-order valence-corrected chi connectivity index (χ2v) is 3.29. The van der Waals surface area contributed by atoms with Crippen molar-refractivity contribution in [3.05, 3.63) is 30.2 Å². The molecule has 0 atom stereocenters. The summed E-state index contributed by atoms with van der Waals surface area (Å²) in [7, 11) is 0. The number of hydrogen-bond donors (Lipinski definition) is 3. The van der Waals surface area contributed by atoms with E-state index in [4.69, 9.17) is 18.0 Å². The van der Waals surface area contributed by atoms with Crippen LogP contribution >= 0.6 is 12.2 Å². The Morgan fingerprint density at radius 2 is 2.21 bits per heavy atom. The summed E-state index contributed by atoms with van der Waals surface area (Å²) in [5, 5.41) is 3.45. The normalized spacial score (nSPS) is 10.4. The molecule has 72 valence electrons. The van der Waals surface area contributed by atoms with Crippen molar-refractivity contribution >= 4 is 33.9 Å². The van der Waals surface area contributed by atoms with E-state index >= 15 is 0 Å². The van der Waals surface area contributed by atoms with E-state index in [0.717, 1.165) is 0 Å².